The largest absolute Gasteiger partial charge is 0.466 e. The summed E-state index contributed by atoms with van der Waals surface area (Å²) in [6.45, 7) is 3.30. The molecule has 1 aromatic carbocycles. The molecule has 0 aliphatic carbocycles. The monoisotopic (exact) mass is 351 g/mol. The smallest absolute Gasteiger partial charge is 0.336 e. The molecule has 1 aromatic rings. The average molecular weight is 351 g/mol. The van der Waals surface area contributed by atoms with E-state index in [1.807, 2.05) is 30.3 Å². The van der Waals surface area contributed by atoms with Crippen LogP contribution in [0.15, 0.2) is 35.4 Å². The van der Waals surface area contributed by atoms with Gasteiger partial charge in [-0.05, 0) is 24.9 Å². The van der Waals surface area contributed by atoms with Gasteiger partial charge in [0.1, 0.15) is 6.79 Å². The summed E-state index contributed by atoms with van der Waals surface area (Å²) in [5.41, 5.74) is 9.56. The highest BCUT2D eigenvalue weighted by Crippen LogP contribution is 2.11. The van der Waals surface area contributed by atoms with Gasteiger partial charge in [-0.3, -0.25) is 4.79 Å². The van der Waals surface area contributed by atoms with Crippen LogP contribution in [-0.2, 0) is 35.1 Å². The minimum Gasteiger partial charge on any atom is -0.466 e. The molecule has 0 aromatic heterocycles. The van der Waals surface area contributed by atoms with Gasteiger partial charge >= 0.3 is 11.9 Å². The Morgan fingerprint density at radius 3 is 2.36 bits per heavy atom. The third kappa shape index (κ3) is 7.21. The first-order chi connectivity index (χ1) is 12.1. The molecular formula is C16H21N3O6. The van der Waals surface area contributed by atoms with E-state index in [2.05, 4.69) is 10.0 Å². The number of nitrogens with zero attached hydrogens (tertiary/aromatic N) is 3. The predicted octanol–water partition coefficient (Wildman–Crippen LogP) is 2.35. The lowest BCUT2D eigenvalue weighted by atomic mass is 10.1. The lowest BCUT2D eigenvalue weighted by Crippen LogP contribution is -2.42. The Hall–Kier alpha value is -2.61. The minimum absolute atomic E-state index is 0.0658. The van der Waals surface area contributed by atoms with E-state index in [0.29, 0.717) is 0 Å². The molecule has 9 nitrogen and oxygen atoms in total. The average Bonchev–Trinajstić information content (AvgIpc) is 2.61. The molecule has 0 spiro atoms. The molecule has 0 unspecified atom stereocenters. The number of ether oxygens (including phenoxy) is 4. The zero-order valence-corrected chi connectivity index (χ0v) is 14.2. The van der Waals surface area contributed by atoms with E-state index in [-0.39, 0.29) is 26.6 Å². The Labute approximate surface area is 145 Å². The lowest BCUT2D eigenvalue weighted by Gasteiger charge is -2.21. The van der Waals surface area contributed by atoms with Crippen molar-refractivity contribution < 1.29 is 28.5 Å². The molecule has 0 saturated carbocycles. The molecule has 1 rings (SSSR count). The molecular weight excluding hydrogens is 330 g/mol. The van der Waals surface area contributed by atoms with Gasteiger partial charge in [0.05, 0.1) is 19.8 Å². The molecule has 0 saturated heterocycles. The molecule has 0 bridgehead atoms. The van der Waals surface area contributed by atoms with Crippen molar-refractivity contribution in [3.8, 4) is 0 Å². The number of benzene rings is 1. The fourth-order valence-electron chi connectivity index (χ4n) is 1.88. The second-order valence-corrected chi connectivity index (χ2v) is 4.69. The molecule has 0 aliphatic heterocycles. The normalized spacial score (nSPS) is 12.6. The van der Waals surface area contributed by atoms with Crippen LogP contribution in [0.4, 0.5) is 0 Å². The van der Waals surface area contributed by atoms with Crippen LogP contribution in [0.25, 0.3) is 10.4 Å². The van der Waals surface area contributed by atoms with E-state index in [0.717, 1.165) is 5.56 Å². The number of azide groups is 1. The van der Waals surface area contributed by atoms with Crippen LogP contribution in [0.1, 0.15) is 19.4 Å². The molecule has 9 heteroatoms. The van der Waals surface area contributed by atoms with Crippen molar-refractivity contribution in [1.29, 1.82) is 0 Å². The van der Waals surface area contributed by atoms with Crippen LogP contribution in [0.2, 0.25) is 0 Å². The molecule has 25 heavy (non-hydrogen) atoms. The minimum atomic E-state index is -1.50. The van der Waals surface area contributed by atoms with Crippen LogP contribution < -0.4 is 0 Å². The second kappa shape index (κ2) is 11.9. The third-order valence-electron chi connectivity index (χ3n) is 2.95. The zero-order chi connectivity index (χ0) is 18.5. The van der Waals surface area contributed by atoms with Crippen LogP contribution >= 0.6 is 0 Å². The molecule has 0 radical (unpaired) electrons. The highest BCUT2D eigenvalue weighted by atomic mass is 16.7. The van der Waals surface area contributed by atoms with Gasteiger partial charge in [0.25, 0.3) is 0 Å². The van der Waals surface area contributed by atoms with Gasteiger partial charge in [0, 0.05) is 4.91 Å². The summed E-state index contributed by atoms with van der Waals surface area (Å²) in [7, 11) is 0. The van der Waals surface area contributed by atoms with Crippen LogP contribution in [0.3, 0.4) is 0 Å². The second-order valence-electron chi connectivity index (χ2n) is 4.69. The summed E-state index contributed by atoms with van der Waals surface area (Å²) in [4.78, 5) is 26.5. The molecule has 0 N–H and O–H groups in total. The lowest BCUT2D eigenvalue weighted by molar-refractivity contribution is -0.176. The van der Waals surface area contributed by atoms with E-state index < -0.39 is 24.1 Å². The Morgan fingerprint density at radius 2 is 1.76 bits per heavy atom. The molecule has 136 valence electrons. The van der Waals surface area contributed by atoms with Crippen LogP contribution in [-0.4, -0.2) is 44.1 Å². The van der Waals surface area contributed by atoms with E-state index in [1.165, 1.54) is 0 Å². The molecule has 0 heterocycles. The first kappa shape index (κ1) is 20.4. The first-order valence-electron chi connectivity index (χ1n) is 7.74. The summed E-state index contributed by atoms with van der Waals surface area (Å²) in [5, 5.41) is 3.31. The van der Waals surface area contributed by atoms with Crippen molar-refractivity contribution in [2.75, 3.05) is 20.0 Å². The topological polar surface area (TPSA) is 120 Å². The SMILES string of the molecule is CCOC(=O)[C@@H](OCOCc1ccccc1)[C@@H](N=[N+]=[N-])C(=O)OCC. The zero-order valence-electron chi connectivity index (χ0n) is 14.2. The Bertz CT molecular complexity index is 589. The third-order valence-corrected chi connectivity index (χ3v) is 2.95. The number of carbonyl (C=O) groups is 2. The number of esters is 2. The first-order valence-corrected chi connectivity index (χ1v) is 7.74. The molecule has 0 fully saturated rings. The number of hydrogen-bond acceptors (Lipinski definition) is 7. The number of rotatable bonds is 11. The van der Waals surface area contributed by atoms with E-state index in [4.69, 9.17) is 24.5 Å². The van der Waals surface area contributed by atoms with Gasteiger partial charge in [-0.1, -0.05) is 35.4 Å². The highest BCUT2D eigenvalue weighted by Gasteiger charge is 2.36. The van der Waals surface area contributed by atoms with Gasteiger partial charge in [0.2, 0.25) is 0 Å². The van der Waals surface area contributed by atoms with Crippen molar-refractivity contribution >= 4 is 11.9 Å². The van der Waals surface area contributed by atoms with Crippen LogP contribution in [0.5, 0.6) is 0 Å². The van der Waals surface area contributed by atoms with E-state index >= 15 is 0 Å². The standard InChI is InChI=1S/C16H21N3O6/c1-3-23-15(20)13(18-19-17)14(16(21)24-4-2)25-11-22-10-12-8-6-5-7-9-12/h5-9,13-14H,3-4,10-11H2,1-2H3/t13-,14+/m1/s1. The Morgan fingerprint density at radius 1 is 1.12 bits per heavy atom. The Kier molecular flexibility index (Phi) is 9.69. The highest BCUT2D eigenvalue weighted by molar-refractivity contribution is 5.86. The maximum atomic E-state index is 12.0. The summed E-state index contributed by atoms with van der Waals surface area (Å²) in [5.74, 6) is -1.71. The summed E-state index contributed by atoms with van der Waals surface area (Å²) in [6, 6.07) is 7.83. The van der Waals surface area contributed by atoms with E-state index in [1.54, 1.807) is 13.8 Å². The predicted molar refractivity (Wildman–Crippen MR) is 87.2 cm³/mol. The van der Waals surface area contributed by atoms with Crippen molar-refractivity contribution in [3.05, 3.63) is 46.3 Å². The Balaban J connectivity index is 2.71. The van der Waals surface area contributed by atoms with Gasteiger partial charge in [-0.25, -0.2) is 4.79 Å². The fraction of sp³-hybridized carbons (Fsp3) is 0.500. The van der Waals surface area contributed by atoms with Crippen LogP contribution in [0, 0.1) is 0 Å². The summed E-state index contributed by atoms with van der Waals surface area (Å²) in [6.07, 6.45) is -1.45. The van der Waals surface area contributed by atoms with E-state index in [9.17, 15) is 9.59 Å². The maximum absolute atomic E-state index is 12.0. The summed E-state index contributed by atoms with van der Waals surface area (Å²) < 4.78 is 20.3. The number of hydrogen-bond donors (Lipinski definition) is 0. The quantitative estimate of drug-likeness (QED) is 0.151. The van der Waals surface area contributed by atoms with Crippen molar-refractivity contribution in [2.45, 2.75) is 32.6 Å². The van der Waals surface area contributed by atoms with Crippen molar-refractivity contribution in [2.24, 2.45) is 5.11 Å². The molecule has 2 atom stereocenters. The fourth-order valence-corrected chi connectivity index (χ4v) is 1.88. The molecule has 0 aliphatic rings. The number of carbonyl (C=O) groups excluding carboxylic acids is 2. The molecule has 0 amide bonds. The van der Waals surface area contributed by atoms with Gasteiger partial charge in [-0.15, -0.1) is 0 Å². The van der Waals surface area contributed by atoms with Gasteiger partial charge in [-0.2, -0.15) is 0 Å². The van der Waals surface area contributed by atoms with Crippen molar-refractivity contribution in [1.82, 2.24) is 0 Å². The van der Waals surface area contributed by atoms with Crippen molar-refractivity contribution in [3.63, 3.8) is 0 Å². The maximum Gasteiger partial charge on any atom is 0.336 e. The van der Waals surface area contributed by atoms with Gasteiger partial charge in [0.15, 0.2) is 12.1 Å². The summed E-state index contributed by atoms with van der Waals surface area (Å²) >= 11 is 0. The van der Waals surface area contributed by atoms with Gasteiger partial charge < -0.3 is 18.9 Å².